The smallest absolute Gasteiger partial charge is 0.296 e. The first-order valence-corrected chi connectivity index (χ1v) is 7.49. The van der Waals surface area contributed by atoms with Crippen LogP contribution in [-0.4, -0.2) is 49.3 Å². The van der Waals surface area contributed by atoms with E-state index in [-0.39, 0.29) is 0 Å². The number of hydrogen-bond acceptors (Lipinski definition) is 4. The number of nitrogens with one attached hydrogen (secondary N) is 1. The summed E-state index contributed by atoms with van der Waals surface area (Å²) in [4.78, 5) is 27.7. The number of anilines is 2. The van der Waals surface area contributed by atoms with E-state index in [1.807, 2.05) is 6.07 Å². The maximum absolute atomic E-state index is 11.7. The summed E-state index contributed by atoms with van der Waals surface area (Å²) in [6.07, 6.45) is 1.06. The van der Waals surface area contributed by atoms with Gasteiger partial charge in [-0.05, 0) is 39.1 Å². The minimum absolute atomic E-state index is 0.320. The van der Waals surface area contributed by atoms with Crippen LogP contribution in [0.15, 0.2) is 12.1 Å². The van der Waals surface area contributed by atoms with Gasteiger partial charge in [0.2, 0.25) is 0 Å². The average Bonchev–Trinajstić information content (AvgIpc) is 2.59. The summed E-state index contributed by atoms with van der Waals surface area (Å²) in [7, 11) is 2.11. The van der Waals surface area contributed by atoms with Gasteiger partial charge in [0, 0.05) is 19.1 Å². The molecule has 1 N–H and O–H groups in total. The van der Waals surface area contributed by atoms with Crippen molar-refractivity contribution in [2.24, 2.45) is 0 Å². The summed E-state index contributed by atoms with van der Waals surface area (Å²) in [6, 6.07) is 3.75. The van der Waals surface area contributed by atoms with Gasteiger partial charge in [-0.3, -0.25) is 9.59 Å². The van der Waals surface area contributed by atoms with E-state index in [0.29, 0.717) is 22.3 Å². The number of hydrogen-bond donors (Lipinski definition) is 1. The third kappa shape index (κ3) is 2.51. The summed E-state index contributed by atoms with van der Waals surface area (Å²) in [5.74, 6) is -1.09. The van der Waals surface area contributed by atoms with Crippen molar-refractivity contribution in [3.8, 4) is 0 Å². The van der Waals surface area contributed by atoms with Crippen LogP contribution in [0.2, 0.25) is 5.02 Å². The number of carbonyl (C=O) groups is 2. The molecule has 112 valence electrons. The number of Topliss-reactive ketones (excluding diaryl/α,β-unsaturated/α-hetero) is 1. The zero-order valence-corrected chi connectivity index (χ0v) is 12.9. The maximum Gasteiger partial charge on any atom is 0.296 e. The van der Waals surface area contributed by atoms with Crippen LogP contribution < -0.4 is 10.2 Å². The highest BCUT2D eigenvalue weighted by atomic mass is 35.5. The molecule has 0 radical (unpaired) electrons. The van der Waals surface area contributed by atoms with Gasteiger partial charge in [-0.1, -0.05) is 11.6 Å². The van der Waals surface area contributed by atoms with Crippen LogP contribution in [0.5, 0.6) is 0 Å². The van der Waals surface area contributed by atoms with Gasteiger partial charge in [0.05, 0.1) is 22.0 Å². The third-order valence-corrected chi connectivity index (χ3v) is 4.45. The highest BCUT2D eigenvalue weighted by Gasteiger charge is 2.31. The molecule has 3 rings (SSSR count). The molecule has 6 heteroatoms. The number of amides is 1. The first-order chi connectivity index (χ1) is 9.97. The molecule has 0 aromatic heterocycles. The van der Waals surface area contributed by atoms with Crippen LogP contribution >= 0.6 is 11.6 Å². The van der Waals surface area contributed by atoms with Gasteiger partial charge >= 0.3 is 0 Å². The molecule has 0 spiro atoms. The Bertz CT molecular complexity index is 617. The molecule has 1 aromatic carbocycles. The lowest BCUT2D eigenvalue weighted by atomic mass is 10.1. The van der Waals surface area contributed by atoms with E-state index >= 15 is 0 Å². The maximum atomic E-state index is 11.7. The number of benzene rings is 1. The second kappa shape index (κ2) is 5.31. The van der Waals surface area contributed by atoms with Crippen molar-refractivity contribution in [3.05, 3.63) is 22.7 Å². The lowest BCUT2D eigenvalue weighted by molar-refractivity contribution is -0.112. The molecule has 1 aromatic rings. The zero-order valence-electron chi connectivity index (χ0n) is 12.1. The Morgan fingerprint density at radius 1 is 1.29 bits per heavy atom. The number of likely N-dealkylation sites (N-methyl/N-ethyl adjacent to an activating group) is 1. The van der Waals surface area contributed by atoms with E-state index in [9.17, 15) is 9.59 Å². The Morgan fingerprint density at radius 3 is 2.81 bits per heavy atom. The molecule has 2 heterocycles. The van der Waals surface area contributed by atoms with Crippen molar-refractivity contribution in [1.82, 2.24) is 4.90 Å². The normalized spacial score (nSPS) is 23.0. The predicted octanol–water partition coefficient (Wildman–Crippen LogP) is 2.01. The lowest BCUT2D eigenvalue weighted by Gasteiger charge is -2.31. The number of carbonyl (C=O) groups excluding carboxylic acids is 2. The molecular weight excluding hydrogens is 290 g/mol. The van der Waals surface area contributed by atoms with Crippen LogP contribution in [0.25, 0.3) is 0 Å². The van der Waals surface area contributed by atoms with Gasteiger partial charge in [-0.25, -0.2) is 0 Å². The van der Waals surface area contributed by atoms with Crippen molar-refractivity contribution >= 4 is 34.7 Å². The topological polar surface area (TPSA) is 52.7 Å². The molecule has 2 aliphatic rings. The Hall–Kier alpha value is -1.59. The molecule has 2 aliphatic heterocycles. The number of ketones is 1. The summed E-state index contributed by atoms with van der Waals surface area (Å²) in [5, 5.41) is 3.13. The van der Waals surface area contributed by atoms with Crippen molar-refractivity contribution < 1.29 is 9.59 Å². The summed E-state index contributed by atoms with van der Waals surface area (Å²) >= 11 is 6.36. The minimum Gasteiger partial charge on any atom is -0.366 e. The van der Waals surface area contributed by atoms with Crippen molar-refractivity contribution in [1.29, 1.82) is 0 Å². The number of fused-ring (bicyclic) bond motifs is 1. The van der Waals surface area contributed by atoms with Crippen molar-refractivity contribution in [2.75, 3.05) is 36.9 Å². The Balaban J connectivity index is 1.98. The number of halogens is 1. The second-order valence-corrected chi connectivity index (χ2v) is 6.20. The van der Waals surface area contributed by atoms with Crippen molar-refractivity contribution in [2.45, 2.75) is 19.4 Å². The fourth-order valence-corrected chi connectivity index (χ4v) is 3.38. The van der Waals surface area contributed by atoms with Gasteiger partial charge in [0.1, 0.15) is 0 Å². The Kier molecular flexibility index (Phi) is 3.63. The highest BCUT2D eigenvalue weighted by molar-refractivity contribution is 6.52. The molecule has 1 fully saturated rings. The first-order valence-electron chi connectivity index (χ1n) is 7.12. The average molecular weight is 308 g/mol. The molecule has 1 amide bonds. The van der Waals surface area contributed by atoms with E-state index in [4.69, 9.17) is 11.6 Å². The van der Waals surface area contributed by atoms with Gasteiger partial charge in [0.25, 0.3) is 11.7 Å². The Morgan fingerprint density at radius 2 is 2.05 bits per heavy atom. The molecule has 5 nitrogen and oxygen atoms in total. The molecule has 0 saturated carbocycles. The molecular formula is C15H18ClN3O2. The lowest BCUT2D eigenvalue weighted by Crippen LogP contribution is -2.38. The van der Waals surface area contributed by atoms with Gasteiger partial charge < -0.3 is 15.1 Å². The van der Waals surface area contributed by atoms with E-state index in [1.165, 1.54) is 0 Å². The van der Waals surface area contributed by atoms with Crippen LogP contribution in [0.1, 0.15) is 23.7 Å². The van der Waals surface area contributed by atoms with Crippen LogP contribution in [0.3, 0.4) is 0 Å². The SMILES string of the molecule is CC1CN(C)CCCN1c1cc2c(cc1Cl)C(=O)C(=O)N2. The van der Waals surface area contributed by atoms with E-state index in [1.54, 1.807) is 6.07 Å². The van der Waals surface area contributed by atoms with Gasteiger partial charge in [-0.2, -0.15) is 0 Å². The zero-order chi connectivity index (χ0) is 15.1. The van der Waals surface area contributed by atoms with Crippen molar-refractivity contribution in [3.63, 3.8) is 0 Å². The fraction of sp³-hybridized carbons (Fsp3) is 0.467. The molecule has 1 atom stereocenters. The van der Waals surface area contributed by atoms with Crippen LogP contribution in [0.4, 0.5) is 11.4 Å². The quantitative estimate of drug-likeness (QED) is 0.806. The summed E-state index contributed by atoms with van der Waals surface area (Å²) in [5.41, 5.74) is 1.82. The highest BCUT2D eigenvalue weighted by Crippen LogP contribution is 2.36. The van der Waals surface area contributed by atoms with Crippen LogP contribution in [0, 0.1) is 0 Å². The molecule has 1 saturated heterocycles. The first kappa shape index (κ1) is 14.4. The van der Waals surface area contributed by atoms with E-state index < -0.39 is 11.7 Å². The standard InChI is InChI=1S/C15H18ClN3O2/c1-9-8-18(2)4-3-5-19(9)13-7-12-10(6-11(13)16)14(20)15(21)17-12/h6-7,9H,3-5,8H2,1-2H3,(H,17,20,21). The molecule has 21 heavy (non-hydrogen) atoms. The second-order valence-electron chi connectivity index (χ2n) is 5.79. The van der Waals surface area contributed by atoms with Crippen LogP contribution in [-0.2, 0) is 4.79 Å². The number of nitrogens with zero attached hydrogens (tertiary/aromatic N) is 2. The molecule has 0 aliphatic carbocycles. The van der Waals surface area contributed by atoms with Gasteiger partial charge in [-0.15, -0.1) is 0 Å². The minimum atomic E-state index is -0.582. The molecule has 1 unspecified atom stereocenters. The summed E-state index contributed by atoms with van der Waals surface area (Å²) in [6.45, 7) is 5.08. The molecule has 0 bridgehead atoms. The van der Waals surface area contributed by atoms with Gasteiger partial charge in [0.15, 0.2) is 0 Å². The monoisotopic (exact) mass is 307 g/mol. The Labute approximate surface area is 128 Å². The predicted molar refractivity (Wildman–Crippen MR) is 83.3 cm³/mol. The van der Waals surface area contributed by atoms with E-state index in [0.717, 1.165) is 31.7 Å². The summed E-state index contributed by atoms with van der Waals surface area (Å²) < 4.78 is 0. The van der Waals surface area contributed by atoms with E-state index in [2.05, 4.69) is 29.1 Å². The largest absolute Gasteiger partial charge is 0.366 e. The third-order valence-electron chi connectivity index (χ3n) is 4.14. The number of rotatable bonds is 1. The fourth-order valence-electron chi connectivity index (χ4n) is 3.10.